The van der Waals surface area contributed by atoms with Crippen molar-refractivity contribution < 1.29 is 9.59 Å². The Bertz CT molecular complexity index is 834. The highest BCUT2D eigenvalue weighted by Gasteiger charge is 2.09. The molecule has 0 aliphatic carbocycles. The fourth-order valence-electron chi connectivity index (χ4n) is 2.06. The Kier molecular flexibility index (Phi) is 6.14. The van der Waals surface area contributed by atoms with Crippen LogP contribution in [0.4, 0.5) is 11.4 Å². The zero-order valence-electron chi connectivity index (χ0n) is 14.0. The summed E-state index contributed by atoms with van der Waals surface area (Å²) in [5, 5.41) is 7.24. The summed E-state index contributed by atoms with van der Waals surface area (Å²) in [6.07, 6.45) is 0.0377. The molecule has 0 spiro atoms. The molecular weight excluding hydrogens is 340 g/mol. The van der Waals surface area contributed by atoms with Crippen LogP contribution in [0.2, 0.25) is 5.02 Å². The Hall–Kier alpha value is -2.86. The molecule has 0 saturated heterocycles. The molecule has 25 heavy (non-hydrogen) atoms. The van der Waals surface area contributed by atoms with Gasteiger partial charge in [-0.3, -0.25) is 9.59 Å². The van der Waals surface area contributed by atoms with E-state index in [1.54, 1.807) is 43.3 Å². The SMILES string of the molecule is C/C(CC(=O)Nc1ccc(C)c(Cl)c1)=N/NC(=O)c1ccccc1N. The van der Waals surface area contributed by atoms with Crippen molar-refractivity contribution in [2.45, 2.75) is 20.3 Å². The maximum atomic E-state index is 12.0. The topological polar surface area (TPSA) is 96.6 Å². The van der Waals surface area contributed by atoms with Gasteiger partial charge in [0.25, 0.3) is 5.91 Å². The van der Waals surface area contributed by atoms with Crippen molar-refractivity contribution in [2.24, 2.45) is 5.10 Å². The van der Waals surface area contributed by atoms with E-state index in [9.17, 15) is 9.59 Å². The van der Waals surface area contributed by atoms with Gasteiger partial charge < -0.3 is 11.1 Å². The minimum atomic E-state index is -0.428. The summed E-state index contributed by atoms with van der Waals surface area (Å²) >= 11 is 6.03. The number of carbonyl (C=O) groups excluding carboxylic acids is 2. The second-order valence-corrected chi connectivity index (χ2v) is 5.97. The van der Waals surface area contributed by atoms with E-state index >= 15 is 0 Å². The Morgan fingerprint density at radius 2 is 1.92 bits per heavy atom. The van der Waals surface area contributed by atoms with E-state index < -0.39 is 5.91 Å². The van der Waals surface area contributed by atoms with E-state index in [-0.39, 0.29) is 12.3 Å². The number of carbonyl (C=O) groups is 2. The van der Waals surface area contributed by atoms with E-state index in [0.29, 0.717) is 27.7 Å². The van der Waals surface area contributed by atoms with Gasteiger partial charge in [0, 0.05) is 22.1 Å². The third kappa shape index (κ3) is 5.32. The van der Waals surface area contributed by atoms with Crippen LogP contribution in [-0.2, 0) is 4.79 Å². The molecule has 0 aromatic heterocycles. The van der Waals surface area contributed by atoms with Gasteiger partial charge in [-0.1, -0.05) is 29.8 Å². The largest absolute Gasteiger partial charge is 0.398 e. The van der Waals surface area contributed by atoms with Crippen LogP contribution in [-0.4, -0.2) is 17.5 Å². The summed E-state index contributed by atoms with van der Waals surface area (Å²) in [6.45, 7) is 3.53. The molecule has 0 fully saturated rings. The smallest absolute Gasteiger partial charge is 0.273 e. The van der Waals surface area contributed by atoms with Crippen molar-refractivity contribution in [2.75, 3.05) is 11.1 Å². The number of hydrogen-bond donors (Lipinski definition) is 3. The molecule has 2 aromatic carbocycles. The van der Waals surface area contributed by atoms with Gasteiger partial charge in [-0.05, 0) is 43.7 Å². The van der Waals surface area contributed by atoms with Crippen molar-refractivity contribution in [3.05, 3.63) is 58.6 Å². The molecule has 4 N–H and O–H groups in total. The number of anilines is 2. The maximum Gasteiger partial charge on any atom is 0.273 e. The molecule has 2 rings (SSSR count). The first-order valence-electron chi connectivity index (χ1n) is 7.61. The fourth-order valence-corrected chi connectivity index (χ4v) is 2.24. The van der Waals surface area contributed by atoms with Crippen LogP contribution in [0.3, 0.4) is 0 Å². The minimum Gasteiger partial charge on any atom is -0.398 e. The van der Waals surface area contributed by atoms with E-state index in [4.69, 9.17) is 17.3 Å². The highest BCUT2D eigenvalue weighted by Crippen LogP contribution is 2.20. The van der Waals surface area contributed by atoms with E-state index in [2.05, 4.69) is 15.8 Å². The third-order valence-corrected chi connectivity index (χ3v) is 3.83. The molecule has 0 aliphatic rings. The molecule has 0 heterocycles. The van der Waals surface area contributed by atoms with Gasteiger partial charge >= 0.3 is 0 Å². The summed E-state index contributed by atoms with van der Waals surface area (Å²) in [6, 6.07) is 12.0. The summed E-state index contributed by atoms with van der Waals surface area (Å²) < 4.78 is 0. The Morgan fingerprint density at radius 1 is 1.20 bits per heavy atom. The minimum absolute atomic E-state index is 0.0377. The Labute approximate surface area is 151 Å². The lowest BCUT2D eigenvalue weighted by Gasteiger charge is -2.07. The molecular formula is C18H19ClN4O2. The highest BCUT2D eigenvalue weighted by molar-refractivity contribution is 6.31. The maximum absolute atomic E-state index is 12.0. The predicted octanol–water partition coefficient (Wildman–Crippen LogP) is 3.37. The lowest BCUT2D eigenvalue weighted by molar-refractivity contribution is -0.115. The molecule has 0 bridgehead atoms. The Morgan fingerprint density at radius 3 is 2.60 bits per heavy atom. The van der Waals surface area contributed by atoms with Gasteiger partial charge in [0.2, 0.25) is 5.91 Å². The predicted molar refractivity (Wildman–Crippen MR) is 101 cm³/mol. The fraction of sp³-hybridized carbons (Fsp3) is 0.167. The first kappa shape index (κ1) is 18.5. The molecule has 0 aliphatic heterocycles. The zero-order valence-corrected chi connectivity index (χ0v) is 14.7. The number of nitrogens with one attached hydrogen (secondary N) is 2. The number of amides is 2. The average molecular weight is 359 g/mol. The first-order chi connectivity index (χ1) is 11.9. The number of nitrogens with two attached hydrogens (primary N) is 1. The average Bonchev–Trinajstić information content (AvgIpc) is 2.56. The second-order valence-electron chi connectivity index (χ2n) is 5.56. The van der Waals surface area contributed by atoms with Crippen LogP contribution in [0.1, 0.15) is 29.3 Å². The Balaban J connectivity index is 1.92. The molecule has 2 aromatic rings. The van der Waals surface area contributed by atoms with E-state index in [1.165, 1.54) is 0 Å². The molecule has 0 unspecified atom stereocenters. The number of aryl methyl sites for hydroxylation is 1. The van der Waals surface area contributed by atoms with Gasteiger partial charge in [-0.15, -0.1) is 0 Å². The number of hydrogen-bond acceptors (Lipinski definition) is 4. The highest BCUT2D eigenvalue weighted by atomic mass is 35.5. The van der Waals surface area contributed by atoms with Crippen molar-refractivity contribution in [3.63, 3.8) is 0 Å². The van der Waals surface area contributed by atoms with Crippen LogP contribution in [0.5, 0.6) is 0 Å². The van der Waals surface area contributed by atoms with Crippen LogP contribution in [0, 0.1) is 6.92 Å². The molecule has 2 amide bonds. The molecule has 0 saturated carbocycles. The quantitative estimate of drug-likeness (QED) is 0.434. The van der Waals surface area contributed by atoms with Crippen LogP contribution < -0.4 is 16.5 Å². The number of nitrogens with zero attached hydrogens (tertiary/aromatic N) is 1. The van der Waals surface area contributed by atoms with Crippen LogP contribution in [0.25, 0.3) is 0 Å². The number of benzene rings is 2. The van der Waals surface area contributed by atoms with Crippen molar-refractivity contribution >= 4 is 40.5 Å². The molecule has 130 valence electrons. The number of halogens is 1. The lowest BCUT2D eigenvalue weighted by Crippen LogP contribution is -2.22. The van der Waals surface area contributed by atoms with Crippen molar-refractivity contribution in [1.82, 2.24) is 5.43 Å². The van der Waals surface area contributed by atoms with Gasteiger partial charge in [0.1, 0.15) is 0 Å². The summed E-state index contributed by atoms with van der Waals surface area (Å²) in [4.78, 5) is 24.0. The van der Waals surface area contributed by atoms with Gasteiger partial charge in [0.05, 0.1) is 12.0 Å². The van der Waals surface area contributed by atoms with Crippen LogP contribution >= 0.6 is 11.6 Å². The van der Waals surface area contributed by atoms with Gasteiger partial charge in [-0.2, -0.15) is 5.10 Å². The molecule has 6 nitrogen and oxygen atoms in total. The molecule has 7 heteroatoms. The first-order valence-corrected chi connectivity index (χ1v) is 7.98. The second kappa shape index (κ2) is 8.30. The number of hydrazone groups is 1. The lowest BCUT2D eigenvalue weighted by atomic mass is 10.2. The third-order valence-electron chi connectivity index (χ3n) is 3.43. The van der Waals surface area contributed by atoms with Crippen LogP contribution in [0.15, 0.2) is 47.6 Å². The monoisotopic (exact) mass is 358 g/mol. The van der Waals surface area contributed by atoms with Crippen molar-refractivity contribution in [1.29, 1.82) is 0 Å². The number of para-hydroxylation sites is 1. The summed E-state index contributed by atoms with van der Waals surface area (Å²) in [7, 11) is 0. The number of rotatable bonds is 5. The molecule has 0 radical (unpaired) electrons. The van der Waals surface area contributed by atoms with Gasteiger partial charge in [-0.25, -0.2) is 5.43 Å². The normalized spacial score (nSPS) is 11.1. The van der Waals surface area contributed by atoms with E-state index in [1.807, 2.05) is 13.0 Å². The summed E-state index contributed by atoms with van der Waals surface area (Å²) in [5.74, 6) is -0.683. The zero-order chi connectivity index (χ0) is 18.4. The standard InChI is InChI=1S/C18H19ClN4O2/c1-11-7-8-13(10-15(11)19)21-17(24)9-12(2)22-23-18(25)14-5-3-4-6-16(14)20/h3-8,10H,9,20H2,1-2H3,(H,21,24)(H,23,25)/b22-12-. The van der Waals surface area contributed by atoms with E-state index in [0.717, 1.165) is 5.56 Å². The van der Waals surface area contributed by atoms with Crippen molar-refractivity contribution in [3.8, 4) is 0 Å². The van der Waals surface area contributed by atoms with Gasteiger partial charge in [0.15, 0.2) is 0 Å². The molecule has 0 atom stereocenters. The number of nitrogen functional groups attached to an aromatic ring is 1. The summed E-state index contributed by atoms with van der Waals surface area (Å²) in [5.41, 5.74) is 10.8.